The summed E-state index contributed by atoms with van der Waals surface area (Å²) in [5.74, 6) is -2.40. The van der Waals surface area contributed by atoms with Gasteiger partial charge in [-0.15, -0.1) is 6.58 Å². The molecule has 19 heavy (non-hydrogen) atoms. The van der Waals surface area contributed by atoms with Crippen molar-refractivity contribution in [2.45, 2.75) is 12.5 Å². The van der Waals surface area contributed by atoms with E-state index in [0.29, 0.717) is 4.47 Å². The molecule has 0 aliphatic carbocycles. The Morgan fingerprint density at radius 2 is 2.00 bits per heavy atom. The molecule has 1 N–H and O–H groups in total. The van der Waals surface area contributed by atoms with E-state index in [1.807, 2.05) is 0 Å². The van der Waals surface area contributed by atoms with Crippen LogP contribution in [-0.2, 0) is 4.79 Å². The van der Waals surface area contributed by atoms with E-state index in [4.69, 9.17) is 5.11 Å². The number of hydrogen-bond donors (Lipinski definition) is 1. The maximum atomic E-state index is 12.2. The zero-order chi connectivity index (χ0) is 14.2. The van der Waals surface area contributed by atoms with Gasteiger partial charge in [0.15, 0.2) is 0 Å². The first kappa shape index (κ1) is 13.5. The van der Waals surface area contributed by atoms with Crippen LogP contribution in [0.15, 0.2) is 35.3 Å². The van der Waals surface area contributed by atoms with Gasteiger partial charge in [-0.25, -0.2) is 4.79 Å². The van der Waals surface area contributed by atoms with Gasteiger partial charge < -0.3 is 5.11 Å². The van der Waals surface area contributed by atoms with Gasteiger partial charge in [-0.05, 0) is 24.6 Å². The van der Waals surface area contributed by atoms with Gasteiger partial charge in [-0.1, -0.05) is 22.0 Å². The summed E-state index contributed by atoms with van der Waals surface area (Å²) in [7, 11) is 0. The van der Waals surface area contributed by atoms with Crippen molar-refractivity contribution >= 4 is 33.7 Å². The number of benzene rings is 1. The Morgan fingerprint density at radius 1 is 1.37 bits per heavy atom. The van der Waals surface area contributed by atoms with Gasteiger partial charge in [0.05, 0.1) is 11.1 Å². The third kappa shape index (κ3) is 2.19. The predicted octanol–water partition coefficient (Wildman–Crippen LogP) is 2.07. The molecule has 98 valence electrons. The molecule has 1 aliphatic heterocycles. The maximum absolute atomic E-state index is 12.2. The summed E-state index contributed by atoms with van der Waals surface area (Å²) >= 11 is 3.21. The Kier molecular flexibility index (Phi) is 3.53. The smallest absolute Gasteiger partial charge is 0.327 e. The van der Waals surface area contributed by atoms with Gasteiger partial charge in [0.2, 0.25) is 0 Å². The fourth-order valence-corrected chi connectivity index (χ4v) is 2.35. The Bertz CT molecular complexity index is 596. The van der Waals surface area contributed by atoms with E-state index in [1.54, 1.807) is 6.07 Å². The number of rotatable bonds is 4. The van der Waals surface area contributed by atoms with Crippen LogP contribution < -0.4 is 0 Å². The van der Waals surface area contributed by atoms with Crippen LogP contribution >= 0.6 is 15.9 Å². The first-order chi connectivity index (χ1) is 8.97. The fourth-order valence-electron chi connectivity index (χ4n) is 1.99. The van der Waals surface area contributed by atoms with Crippen molar-refractivity contribution in [1.29, 1.82) is 0 Å². The second kappa shape index (κ2) is 4.97. The normalized spacial score (nSPS) is 15.3. The molecule has 0 saturated carbocycles. The molecule has 5 nitrogen and oxygen atoms in total. The highest BCUT2D eigenvalue weighted by molar-refractivity contribution is 9.10. The number of amides is 2. The summed E-state index contributed by atoms with van der Waals surface area (Å²) in [4.78, 5) is 36.3. The standard InChI is InChI=1S/C13H10BrNO4/c1-2-3-10(13(18)19)15-11(16)8-5-4-7(14)6-9(8)12(15)17/h2,4-6,10H,1,3H2,(H,18,19). The topological polar surface area (TPSA) is 74.7 Å². The van der Waals surface area contributed by atoms with Gasteiger partial charge in [0, 0.05) is 4.47 Å². The molecule has 2 amide bonds. The molecule has 1 unspecified atom stereocenters. The molecule has 0 aromatic heterocycles. The van der Waals surface area contributed by atoms with E-state index >= 15 is 0 Å². The Morgan fingerprint density at radius 3 is 2.58 bits per heavy atom. The van der Waals surface area contributed by atoms with Crippen molar-refractivity contribution in [3.05, 3.63) is 46.5 Å². The Labute approximate surface area is 117 Å². The lowest BCUT2D eigenvalue weighted by molar-refractivity contribution is -0.141. The van der Waals surface area contributed by atoms with Crippen LogP contribution in [0.5, 0.6) is 0 Å². The molecule has 1 aromatic rings. The second-order valence-electron chi connectivity index (χ2n) is 4.05. The molecule has 1 heterocycles. The molecule has 0 spiro atoms. The Hall–Kier alpha value is -1.95. The molecule has 1 atom stereocenters. The molecular weight excluding hydrogens is 314 g/mol. The number of halogens is 1. The largest absolute Gasteiger partial charge is 0.480 e. The van der Waals surface area contributed by atoms with Crippen LogP contribution in [0.2, 0.25) is 0 Å². The second-order valence-corrected chi connectivity index (χ2v) is 4.96. The van der Waals surface area contributed by atoms with Crippen molar-refractivity contribution in [1.82, 2.24) is 4.90 Å². The van der Waals surface area contributed by atoms with Crippen molar-refractivity contribution in [2.24, 2.45) is 0 Å². The SMILES string of the molecule is C=CCC(C(=O)O)N1C(=O)c2ccc(Br)cc2C1=O. The average molecular weight is 324 g/mol. The van der Waals surface area contributed by atoms with E-state index in [2.05, 4.69) is 22.5 Å². The lowest BCUT2D eigenvalue weighted by Crippen LogP contribution is -2.44. The lowest BCUT2D eigenvalue weighted by Gasteiger charge is -2.21. The summed E-state index contributed by atoms with van der Waals surface area (Å²) in [6.07, 6.45) is 1.39. The number of fused-ring (bicyclic) bond motifs is 1. The number of carbonyl (C=O) groups excluding carboxylic acids is 2. The highest BCUT2D eigenvalue weighted by Crippen LogP contribution is 2.28. The van der Waals surface area contributed by atoms with E-state index in [1.165, 1.54) is 18.2 Å². The van der Waals surface area contributed by atoms with E-state index in [0.717, 1.165) is 4.90 Å². The highest BCUT2D eigenvalue weighted by atomic mass is 79.9. The maximum Gasteiger partial charge on any atom is 0.327 e. The zero-order valence-corrected chi connectivity index (χ0v) is 11.4. The van der Waals surface area contributed by atoms with Crippen LogP contribution in [-0.4, -0.2) is 33.8 Å². The minimum atomic E-state index is -1.23. The molecule has 1 aromatic carbocycles. The third-order valence-corrected chi connectivity index (χ3v) is 3.36. The van der Waals surface area contributed by atoms with E-state index in [9.17, 15) is 14.4 Å². The van der Waals surface area contributed by atoms with Crippen LogP contribution in [0.3, 0.4) is 0 Å². The summed E-state index contributed by atoms with van der Waals surface area (Å²) in [6, 6.07) is 3.44. The summed E-state index contributed by atoms with van der Waals surface area (Å²) in [6.45, 7) is 3.45. The van der Waals surface area contributed by atoms with Gasteiger partial charge in [0.25, 0.3) is 11.8 Å². The van der Waals surface area contributed by atoms with Crippen LogP contribution in [0.25, 0.3) is 0 Å². The van der Waals surface area contributed by atoms with Crippen molar-refractivity contribution in [3.63, 3.8) is 0 Å². The lowest BCUT2D eigenvalue weighted by atomic mass is 10.1. The molecule has 0 saturated heterocycles. The number of carboxylic acid groups (broad SMARTS) is 1. The zero-order valence-electron chi connectivity index (χ0n) is 9.80. The highest BCUT2D eigenvalue weighted by Gasteiger charge is 2.42. The number of carboxylic acids is 1. The van der Waals surface area contributed by atoms with Gasteiger partial charge in [0.1, 0.15) is 6.04 Å². The van der Waals surface area contributed by atoms with Crippen LogP contribution in [0, 0.1) is 0 Å². The number of imide groups is 1. The van der Waals surface area contributed by atoms with Gasteiger partial charge in [-0.2, -0.15) is 0 Å². The monoisotopic (exact) mass is 323 g/mol. The van der Waals surface area contributed by atoms with E-state index in [-0.39, 0.29) is 17.5 Å². The minimum absolute atomic E-state index is 0.0158. The number of nitrogens with zero attached hydrogens (tertiary/aromatic N) is 1. The van der Waals surface area contributed by atoms with E-state index < -0.39 is 23.8 Å². The van der Waals surface area contributed by atoms with Crippen LogP contribution in [0.1, 0.15) is 27.1 Å². The molecule has 0 radical (unpaired) electrons. The van der Waals surface area contributed by atoms with Gasteiger partial charge in [-0.3, -0.25) is 14.5 Å². The third-order valence-electron chi connectivity index (χ3n) is 2.87. The predicted molar refractivity (Wildman–Crippen MR) is 70.9 cm³/mol. The van der Waals surface area contributed by atoms with Crippen molar-refractivity contribution < 1.29 is 19.5 Å². The quantitative estimate of drug-likeness (QED) is 0.680. The van der Waals surface area contributed by atoms with Gasteiger partial charge >= 0.3 is 5.97 Å². The summed E-state index contributed by atoms with van der Waals surface area (Å²) < 4.78 is 0.657. The average Bonchev–Trinajstić information content (AvgIpc) is 2.59. The molecular formula is C13H10BrNO4. The Balaban J connectivity index is 2.46. The van der Waals surface area contributed by atoms with Crippen molar-refractivity contribution in [3.8, 4) is 0 Å². The number of hydrogen-bond acceptors (Lipinski definition) is 3. The molecule has 1 aliphatic rings. The molecule has 0 bridgehead atoms. The number of carbonyl (C=O) groups is 3. The summed E-state index contributed by atoms with van der Waals surface area (Å²) in [5.41, 5.74) is 0.443. The molecule has 6 heteroatoms. The van der Waals surface area contributed by atoms with Crippen LogP contribution in [0.4, 0.5) is 0 Å². The van der Waals surface area contributed by atoms with Crippen molar-refractivity contribution in [2.75, 3.05) is 0 Å². The minimum Gasteiger partial charge on any atom is -0.480 e. The first-order valence-electron chi connectivity index (χ1n) is 5.48. The first-order valence-corrected chi connectivity index (χ1v) is 6.27. The molecule has 2 rings (SSSR count). The molecule has 0 fully saturated rings. The number of aliphatic carboxylic acids is 1. The summed E-state index contributed by atoms with van der Waals surface area (Å²) in [5, 5.41) is 9.13. The fraction of sp³-hybridized carbons (Fsp3) is 0.154.